The molecule has 4 aromatic carbocycles. The third-order valence-electron chi connectivity index (χ3n) is 7.67. The standard InChI is InChI=1S/C32H27ClN4/c1-22-27-9-5-6-10-29(27)37-30-21-26(36-19-17-35(18-20-36)25-7-3-2-4-8-25)15-16-28(30)34-31(32(22)37)23-11-13-24(33)14-12-23/h2-16,21H,17-20H2,1H3. The smallest absolute Gasteiger partial charge is 0.0953 e. The lowest BCUT2D eigenvalue weighted by molar-refractivity contribution is 0.654. The van der Waals surface area contributed by atoms with Gasteiger partial charge < -0.3 is 14.2 Å². The molecule has 1 saturated heterocycles. The van der Waals surface area contributed by atoms with Gasteiger partial charge in [0.05, 0.1) is 27.8 Å². The Labute approximate surface area is 221 Å². The van der Waals surface area contributed by atoms with Gasteiger partial charge in [0.2, 0.25) is 0 Å². The number of fused-ring (bicyclic) bond motifs is 5. The van der Waals surface area contributed by atoms with Gasteiger partial charge in [0.15, 0.2) is 0 Å². The molecule has 1 aliphatic rings. The molecule has 0 amide bonds. The zero-order valence-electron chi connectivity index (χ0n) is 20.7. The minimum Gasteiger partial charge on any atom is -0.368 e. The first-order chi connectivity index (χ1) is 18.2. The minimum atomic E-state index is 0.731. The van der Waals surface area contributed by atoms with Crippen LogP contribution in [0.2, 0.25) is 5.02 Å². The maximum absolute atomic E-state index is 6.21. The third-order valence-corrected chi connectivity index (χ3v) is 7.92. The van der Waals surface area contributed by atoms with Crippen LogP contribution < -0.4 is 9.80 Å². The number of nitrogens with zero attached hydrogens (tertiary/aromatic N) is 4. The van der Waals surface area contributed by atoms with Gasteiger partial charge in [-0.2, -0.15) is 0 Å². The molecule has 2 aromatic heterocycles. The summed E-state index contributed by atoms with van der Waals surface area (Å²) in [6.45, 7) is 6.21. The second kappa shape index (κ2) is 8.82. The number of para-hydroxylation sites is 2. The van der Waals surface area contributed by atoms with Crippen LogP contribution in [-0.4, -0.2) is 35.6 Å². The molecule has 1 fully saturated rings. The topological polar surface area (TPSA) is 23.8 Å². The van der Waals surface area contributed by atoms with Crippen LogP contribution in [0.1, 0.15) is 5.56 Å². The van der Waals surface area contributed by atoms with E-state index < -0.39 is 0 Å². The van der Waals surface area contributed by atoms with Crippen molar-refractivity contribution in [1.82, 2.24) is 9.38 Å². The van der Waals surface area contributed by atoms with Crippen LogP contribution in [0.4, 0.5) is 11.4 Å². The first-order valence-electron chi connectivity index (χ1n) is 12.8. The molecule has 0 spiro atoms. The number of benzene rings is 4. The maximum Gasteiger partial charge on any atom is 0.0953 e. The van der Waals surface area contributed by atoms with Gasteiger partial charge in [0, 0.05) is 53.5 Å². The number of anilines is 2. The van der Waals surface area contributed by atoms with E-state index in [1.54, 1.807) is 0 Å². The van der Waals surface area contributed by atoms with Gasteiger partial charge >= 0.3 is 0 Å². The summed E-state index contributed by atoms with van der Waals surface area (Å²) in [5, 5.41) is 1.99. The number of halogens is 1. The molecule has 0 bridgehead atoms. The van der Waals surface area contributed by atoms with Crippen molar-refractivity contribution in [3.05, 3.63) is 108 Å². The normalized spacial score (nSPS) is 14.2. The Hall–Kier alpha value is -4.02. The van der Waals surface area contributed by atoms with Crippen molar-refractivity contribution in [3.8, 4) is 11.3 Å². The van der Waals surface area contributed by atoms with Crippen LogP contribution in [0, 0.1) is 6.92 Å². The predicted molar refractivity (Wildman–Crippen MR) is 156 cm³/mol. The molecule has 7 rings (SSSR count). The summed E-state index contributed by atoms with van der Waals surface area (Å²) in [4.78, 5) is 10.2. The number of hydrogen-bond acceptors (Lipinski definition) is 3. The minimum absolute atomic E-state index is 0.731. The van der Waals surface area contributed by atoms with E-state index in [9.17, 15) is 0 Å². The highest BCUT2D eigenvalue weighted by atomic mass is 35.5. The van der Waals surface area contributed by atoms with Crippen LogP contribution in [0.15, 0.2) is 97.1 Å². The van der Waals surface area contributed by atoms with Gasteiger partial charge in [-0.25, -0.2) is 4.98 Å². The van der Waals surface area contributed by atoms with Gasteiger partial charge in [-0.3, -0.25) is 0 Å². The van der Waals surface area contributed by atoms with Crippen LogP contribution >= 0.6 is 11.6 Å². The van der Waals surface area contributed by atoms with Gasteiger partial charge in [-0.1, -0.05) is 60.1 Å². The average Bonchev–Trinajstić information content (AvgIpc) is 3.26. The Morgan fingerprint density at radius 3 is 2.11 bits per heavy atom. The van der Waals surface area contributed by atoms with E-state index in [0.717, 1.165) is 59.0 Å². The average molecular weight is 503 g/mol. The highest BCUT2D eigenvalue weighted by Crippen LogP contribution is 2.37. The highest BCUT2D eigenvalue weighted by Gasteiger charge is 2.21. The van der Waals surface area contributed by atoms with E-state index in [2.05, 4.69) is 106 Å². The van der Waals surface area contributed by atoms with Crippen LogP contribution in [0.3, 0.4) is 0 Å². The molecule has 0 unspecified atom stereocenters. The quantitative estimate of drug-likeness (QED) is 0.249. The van der Waals surface area contributed by atoms with Crippen molar-refractivity contribution >= 4 is 50.4 Å². The van der Waals surface area contributed by atoms with Gasteiger partial charge in [0.1, 0.15) is 0 Å². The fourth-order valence-electron chi connectivity index (χ4n) is 5.76. The van der Waals surface area contributed by atoms with Crippen molar-refractivity contribution in [1.29, 1.82) is 0 Å². The second-order valence-corrected chi connectivity index (χ2v) is 10.2. The number of piperazine rings is 1. The molecular weight excluding hydrogens is 476 g/mol. The van der Waals surface area contributed by atoms with E-state index >= 15 is 0 Å². The second-order valence-electron chi connectivity index (χ2n) is 9.78. The molecule has 5 heteroatoms. The Kier molecular flexibility index (Phi) is 5.29. The molecule has 0 atom stereocenters. The molecule has 0 radical (unpaired) electrons. The van der Waals surface area contributed by atoms with Crippen molar-refractivity contribution in [2.75, 3.05) is 36.0 Å². The third kappa shape index (κ3) is 3.71. The lowest BCUT2D eigenvalue weighted by Crippen LogP contribution is -2.46. The summed E-state index contributed by atoms with van der Waals surface area (Å²) in [6, 6.07) is 34.1. The number of rotatable bonds is 3. The molecule has 37 heavy (non-hydrogen) atoms. The molecular formula is C32H27ClN4. The summed E-state index contributed by atoms with van der Waals surface area (Å²) >= 11 is 6.21. The zero-order valence-corrected chi connectivity index (χ0v) is 21.5. The fourth-order valence-corrected chi connectivity index (χ4v) is 5.89. The van der Waals surface area contributed by atoms with Crippen molar-refractivity contribution in [3.63, 3.8) is 0 Å². The van der Waals surface area contributed by atoms with E-state index in [4.69, 9.17) is 16.6 Å². The maximum atomic E-state index is 6.21. The zero-order chi connectivity index (χ0) is 24.9. The summed E-state index contributed by atoms with van der Waals surface area (Å²) < 4.78 is 2.40. The number of hydrogen-bond donors (Lipinski definition) is 0. The van der Waals surface area contributed by atoms with E-state index in [1.807, 2.05) is 12.1 Å². The lowest BCUT2D eigenvalue weighted by atomic mass is 10.1. The SMILES string of the molecule is Cc1c2ccccc2n2c1c(-c1ccc(Cl)cc1)nc1ccc(N3CCN(c4ccccc4)CC3)cc12. The molecule has 0 saturated carbocycles. The Balaban J connectivity index is 1.36. The summed E-state index contributed by atoms with van der Waals surface area (Å²) in [7, 11) is 0. The number of aromatic nitrogens is 2. The van der Waals surface area contributed by atoms with Crippen LogP contribution in [0.5, 0.6) is 0 Å². The lowest BCUT2D eigenvalue weighted by Gasteiger charge is -2.37. The first-order valence-corrected chi connectivity index (χ1v) is 13.2. The van der Waals surface area contributed by atoms with Crippen molar-refractivity contribution in [2.45, 2.75) is 6.92 Å². The predicted octanol–water partition coefficient (Wildman–Crippen LogP) is 7.60. The molecule has 0 N–H and O–H groups in total. The molecule has 1 aliphatic heterocycles. The molecule has 0 aliphatic carbocycles. The summed E-state index contributed by atoms with van der Waals surface area (Å²) in [5.74, 6) is 0. The molecule has 182 valence electrons. The summed E-state index contributed by atoms with van der Waals surface area (Å²) in [5.41, 5.74) is 10.4. The molecule has 4 nitrogen and oxygen atoms in total. The monoisotopic (exact) mass is 502 g/mol. The van der Waals surface area contributed by atoms with Crippen LogP contribution in [-0.2, 0) is 0 Å². The first kappa shape index (κ1) is 22.2. The largest absolute Gasteiger partial charge is 0.368 e. The van der Waals surface area contributed by atoms with E-state index in [1.165, 1.54) is 27.8 Å². The number of aryl methyl sites for hydroxylation is 1. The summed E-state index contributed by atoms with van der Waals surface area (Å²) in [6.07, 6.45) is 0. The molecule has 6 aromatic rings. The van der Waals surface area contributed by atoms with Crippen molar-refractivity contribution in [2.24, 2.45) is 0 Å². The Bertz CT molecular complexity index is 1750. The van der Waals surface area contributed by atoms with Gasteiger partial charge in [-0.15, -0.1) is 0 Å². The molecule has 3 heterocycles. The van der Waals surface area contributed by atoms with E-state index in [0.29, 0.717) is 0 Å². The van der Waals surface area contributed by atoms with Gasteiger partial charge in [-0.05, 0) is 61.0 Å². The highest BCUT2D eigenvalue weighted by molar-refractivity contribution is 6.30. The Morgan fingerprint density at radius 1 is 0.676 bits per heavy atom. The Morgan fingerprint density at radius 2 is 1.35 bits per heavy atom. The van der Waals surface area contributed by atoms with Gasteiger partial charge in [0.25, 0.3) is 0 Å². The fraction of sp³-hybridized carbons (Fsp3) is 0.156. The van der Waals surface area contributed by atoms with Crippen molar-refractivity contribution < 1.29 is 0 Å². The van der Waals surface area contributed by atoms with E-state index in [-0.39, 0.29) is 0 Å². The van der Waals surface area contributed by atoms with Crippen LogP contribution in [0.25, 0.3) is 38.7 Å².